The molecule has 4 nitrogen and oxygen atoms in total. The van der Waals surface area contributed by atoms with Crippen LogP contribution in [-0.4, -0.2) is 49.5 Å². The number of hydrogen-bond donors (Lipinski definition) is 0. The Morgan fingerprint density at radius 3 is 2.30 bits per heavy atom. The quantitative estimate of drug-likeness (QED) is 0.792. The highest BCUT2D eigenvalue weighted by molar-refractivity contribution is 7.91. The van der Waals surface area contributed by atoms with Gasteiger partial charge in [-0.2, -0.15) is 13.2 Å². The number of hydrogen-bond acceptors (Lipinski definition) is 3. The Bertz CT molecular complexity index is 485. The van der Waals surface area contributed by atoms with Crippen molar-refractivity contribution in [1.82, 2.24) is 4.90 Å². The van der Waals surface area contributed by atoms with Crippen molar-refractivity contribution in [2.45, 2.75) is 38.4 Å². The molecular weight excluding hydrogens is 295 g/mol. The number of halogens is 3. The number of amides is 1. The van der Waals surface area contributed by atoms with Gasteiger partial charge in [-0.25, -0.2) is 8.42 Å². The third-order valence-electron chi connectivity index (χ3n) is 4.01. The maximum Gasteiger partial charge on any atom is 0.406 e. The number of nitrogens with zero attached hydrogens (tertiary/aromatic N) is 1. The molecular formula is C12H18F3NO3S. The molecule has 1 saturated heterocycles. The van der Waals surface area contributed by atoms with Gasteiger partial charge >= 0.3 is 6.18 Å². The number of alkyl halides is 3. The van der Waals surface area contributed by atoms with Crippen LogP contribution in [0.5, 0.6) is 0 Å². The summed E-state index contributed by atoms with van der Waals surface area (Å²) in [4.78, 5) is 13.1. The minimum absolute atomic E-state index is 0.110. The predicted molar refractivity (Wildman–Crippen MR) is 66.7 cm³/mol. The van der Waals surface area contributed by atoms with E-state index in [0.717, 1.165) is 17.7 Å². The average molecular weight is 313 g/mol. The summed E-state index contributed by atoms with van der Waals surface area (Å²) in [7, 11) is -3.28. The molecule has 2 rings (SSSR count). The molecule has 0 radical (unpaired) electrons. The lowest BCUT2D eigenvalue weighted by molar-refractivity contribution is -0.168. The Balaban J connectivity index is 2.11. The summed E-state index contributed by atoms with van der Waals surface area (Å²) < 4.78 is 60.7. The van der Waals surface area contributed by atoms with Gasteiger partial charge in [-0.3, -0.25) is 4.79 Å². The van der Waals surface area contributed by atoms with Crippen LogP contribution in [-0.2, 0) is 14.6 Å². The van der Waals surface area contributed by atoms with Crippen molar-refractivity contribution in [2.75, 3.05) is 18.1 Å². The fraction of sp³-hybridized carbons (Fsp3) is 0.917. The minimum atomic E-state index is -4.46. The largest absolute Gasteiger partial charge is 0.406 e. The first-order chi connectivity index (χ1) is 9.09. The number of carbonyl (C=O) groups is 1. The normalized spacial score (nSPS) is 27.3. The van der Waals surface area contributed by atoms with E-state index in [0.29, 0.717) is 0 Å². The summed E-state index contributed by atoms with van der Waals surface area (Å²) in [5, 5.41) is 0. The molecule has 0 aromatic carbocycles. The molecule has 0 unspecified atom stereocenters. The van der Waals surface area contributed by atoms with E-state index >= 15 is 0 Å². The first-order valence-electron chi connectivity index (χ1n) is 6.67. The Kier molecular flexibility index (Phi) is 4.05. The van der Waals surface area contributed by atoms with E-state index in [1.54, 1.807) is 6.92 Å². The zero-order valence-electron chi connectivity index (χ0n) is 11.2. The van der Waals surface area contributed by atoms with Crippen LogP contribution in [0, 0.1) is 11.8 Å². The topological polar surface area (TPSA) is 54.5 Å². The van der Waals surface area contributed by atoms with Gasteiger partial charge in [0.2, 0.25) is 5.91 Å². The van der Waals surface area contributed by atoms with Crippen molar-refractivity contribution in [3.05, 3.63) is 0 Å². The molecule has 1 heterocycles. The highest BCUT2D eigenvalue weighted by Gasteiger charge is 2.44. The van der Waals surface area contributed by atoms with Crippen molar-refractivity contribution in [3.63, 3.8) is 0 Å². The third-order valence-corrected chi connectivity index (χ3v) is 5.78. The van der Waals surface area contributed by atoms with Crippen LogP contribution in [0.25, 0.3) is 0 Å². The molecule has 116 valence electrons. The lowest BCUT2D eigenvalue weighted by Gasteiger charge is -2.32. The van der Waals surface area contributed by atoms with E-state index in [4.69, 9.17) is 0 Å². The van der Waals surface area contributed by atoms with E-state index in [-0.39, 0.29) is 23.8 Å². The summed E-state index contributed by atoms with van der Waals surface area (Å²) in [5.41, 5.74) is 0. The van der Waals surface area contributed by atoms with Gasteiger partial charge in [-0.05, 0) is 32.1 Å². The van der Waals surface area contributed by atoms with E-state index in [1.807, 2.05) is 0 Å². The van der Waals surface area contributed by atoms with Crippen LogP contribution < -0.4 is 0 Å². The summed E-state index contributed by atoms with van der Waals surface area (Å²) in [6.45, 7) is 0.324. The fourth-order valence-corrected chi connectivity index (χ4v) is 4.41. The van der Waals surface area contributed by atoms with Gasteiger partial charge in [-0.15, -0.1) is 0 Å². The molecule has 0 bridgehead atoms. The molecule has 0 aromatic rings. The van der Waals surface area contributed by atoms with Crippen molar-refractivity contribution in [3.8, 4) is 0 Å². The third kappa shape index (κ3) is 3.86. The Hall–Kier alpha value is -0.790. The molecule has 1 amide bonds. The number of rotatable bonds is 4. The maximum absolute atomic E-state index is 12.6. The molecule has 0 spiro atoms. The standard InChI is InChI=1S/C12H18F3NO3S/c1-8(9-2-3-9)16(7-12(13,14)15)11(17)10-4-5-20(18,19)6-10/h8-10H,2-7H2,1H3/t8-,10+/m1/s1. The molecule has 20 heavy (non-hydrogen) atoms. The van der Waals surface area contributed by atoms with Crippen LogP contribution >= 0.6 is 0 Å². The highest BCUT2D eigenvalue weighted by Crippen LogP contribution is 2.37. The second-order valence-corrected chi connectivity index (χ2v) is 7.99. The molecule has 2 atom stereocenters. The summed E-state index contributed by atoms with van der Waals surface area (Å²) >= 11 is 0. The van der Waals surface area contributed by atoms with Gasteiger partial charge in [0.05, 0.1) is 17.4 Å². The summed E-state index contributed by atoms with van der Waals surface area (Å²) in [6, 6.07) is -0.479. The van der Waals surface area contributed by atoms with E-state index in [2.05, 4.69) is 0 Å². The van der Waals surface area contributed by atoms with Gasteiger partial charge in [0.15, 0.2) is 9.84 Å². The second-order valence-electron chi connectivity index (χ2n) is 5.76. The van der Waals surface area contributed by atoms with Gasteiger partial charge < -0.3 is 4.90 Å². The summed E-state index contributed by atoms with van der Waals surface area (Å²) in [5.74, 6) is -1.80. The Labute approximate surface area is 116 Å². The van der Waals surface area contributed by atoms with Crippen LogP contribution in [0.1, 0.15) is 26.2 Å². The Morgan fingerprint density at radius 1 is 1.30 bits per heavy atom. The molecule has 8 heteroatoms. The van der Waals surface area contributed by atoms with Gasteiger partial charge in [0.1, 0.15) is 6.54 Å². The zero-order chi connectivity index (χ0) is 15.1. The van der Waals surface area contributed by atoms with E-state index < -0.39 is 40.4 Å². The zero-order valence-corrected chi connectivity index (χ0v) is 12.0. The molecule has 2 fully saturated rings. The van der Waals surface area contributed by atoms with Crippen molar-refractivity contribution < 1.29 is 26.4 Å². The van der Waals surface area contributed by atoms with E-state index in [1.165, 1.54) is 0 Å². The van der Waals surface area contributed by atoms with Gasteiger partial charge in [0, 0.05) is 6.04 Å². The molecule has 1 aliphatic heterocycles. The molecule has 0 N–H and O–H groups in total. The molecule has 1 saturated carbocycles. The van der Waals surface area contributed by atoms with Crippen molar-refractivity contribution in [2.24, 2.45) is 11.8 Å². The first kappa shape index (κ1) is 15.6. The fourth-order valence-electron chi connectivity index (χ4n) is 2.67. The van der Waals surface area contributed by atoms with Gasteiger partial charge in [0.25, 0.3) is 0 Å². The highest BCUT2D eigenvalue weighted by atomic mass is 32.2. The molecule has 1 aliphatic carbocycles. The van der Waals surface area contributed by atoms with Crippen LogP contribution in [0.4, 0.5) is 13.2 Å². The van der Waals surface area contributed by atoms with Crippen molar-refractivity contribution >= 4 is 15.7 Å². The van der Waals surface area contributed by atoms with Crippen LogP contribution in [0.15, 0.2) is 0 Å². The maximum atomic E-state index is 12.6. The van der Waals surface area contributed by atoms with Gasteiger partial charge in [-0.1, -0.05) is 0 Å². The van der Waals surface area contributed by atoms with Crippen LogP contribution in [0.2, 0.25) is 0 Å². The monoisotopic (exact) mass is 313 g/mol. The summed E-state index contributed by atoms with van der Waals surface area (Å²) in [6.07, 6.45) is -2.68. The number of sulfone groups is 1. The lowest BCUT2D eigenvalue weighted by Crippen LogP contribution is -2.48. The Morgan fingerprint density at radius 2 is 1.90 bits per heavy atom. The predicted octanol–water partition coefficient (Wildman–Crippen LogP) is 1.61. The minimum Gasteiger partial charge on any atom is -0.330 e. The number of carbonyl (C=O) groups excluding carboxylic acids is 1. The first-order valence-corrected chi connectivity index (χ1v) is 8.49. The average Bonchev–Trinajstić information content (AvgIpc) is 3.08. The van der Waals surface area contributed by atoms with Crippen LogP contribution in [0.3, 0.4) is 0 Å². The van der Waals surface area contributed by atoms with E-state index in [9.17, 15) is 26.4 Å². The molecule has 0 aromatic heterocycles. The molecule has 2 aliphatic rings. The smallest absolute Gasteiger partial charge is 0.330 e. The van der Waals surface area contributed by atoms with Crippen molar-refractivity contribution in [1.29, 1.82) is 0 Å². The SMILES string of the molecule is C[C@H](C1CC1)N(CC(F)(F)F)C(=O)[C@H]1CCS(=O)(=O)C1. The lowest BCUT2D eigenvalue weighted by atomic mass is 10.0. The second kappa shape index (κ2) is 5.20.